The van der Waals surface area contributed by atoms with Crippen molar-refractivity contribution in [3.05, 3.63) is 30.2 Å². The molecular weight excluding hydrogens is 525 g/mol. The summed E-state index contributed by atoms with van der Waals surface area (Å²) in [4.78, 5) is 23.5. The SMILES string of the molecule is CN1C(C)(C)CC(Nc2nc(Nc3ccc(OC4CCN(CC=O)CC4)c(OC(F)F)c3)ncc2F)CC1(C)C. The predicted molar refractivity (Wildman–Crippen MR) is 147 cm³/mol. The van der Waals surface area contributed by atoms with Crippen molar-refractivity contribution in [1.29, 1.82) is 0 Å². The molecule has 2 aliphatic rings. The van der Waals surface area contributed by atoms with Crippen molar-refractivity contribution < 1.29 is 27.4 Å². The van der Waals surface area contributed by atoms with E-state index in [1.165, 1.54) is 6.07 Å². The predicted octanol–water partition coefficient (Wildman–Crippen LogP) is 5.07. The van der Waals surface area contributed by atoms with Crippen LogP contribution in [0.4, 0.5) is 30.6 Å². The van der Waals surface area contributed by atoms with Gasteiger partial charge in [0.15, 0.2) is 23.1 Å². The molecule has 40 heavy (non-hydrogen) atoms. The molecule has 0 bridgehead atoms. The van der Waals surface area contributed by atoms with Crippen LogP contribution in [0, 0.1) is 5.82 Å². The highest BCUT2D eigenvalue weighted by molar-refractivity contribution is 5.60. The molecule has 2 saturated heterocycles. The number of anilines is 3. The summed E-state index contributed by atoms with van der Waals surface area (Å²) in [7, 11) is 2.10. The van der Waals surface area contributed by atoms with Crippen LogP contribution in [-0.2, 0) is 4.79 Å². The molecule has 1 aromatic heterocycles. The number of alkyl halides is 2. The van der Waals surface area contributed by atoms with Gasteiger partial charge in [0.1, 0.15) is 12.4 Å². The second-order valence-corrected chi connectivity index (χ2v) is 11.8. The molecule has 1 aromatic carbocycles. The maximum atomic E-state index is 14.7. The third kappa shape index (κ3) is 7.34. The summed E-state index contributed by atoms with van der Waals surface area (Å²) < 4.78 is 51.9. The molecule has 0 atom stereocenters. The van der Waals surface area contributed by atoms with Gasteiger partial charge in [0.2, 0.25) is 5.95 Å². The maximum Gasteiger partial charge on any atom is 0.387 e. The zero-order valence-corrected chi connectivity index (χ0v) is 23.7. The van der Waals surface area contributed by atoms with Crippen LogP contribution < -0.4 is 20.1 Å². The number of hydrogen-bond acceptors (Lipinski definition) is 9. The number of aromatic nitrogens is 2. The molecule has 0 amide bonds. The molecule has 0 radical (unpaired) electrons. The van der Waals surface area contributed by atoms with Crippen molar-refractivity contribution in [2.75, 3.05) is 37.3 Å². The molecular formula is C28H39F3N6O3. The lowest BCUT2D eigenvalue weighted by Gasteiger charge is -2.53. The first-order valence-corrected chi connectivity index (χ1v) is 13.6. The largest absolute Gasteiger partial charge is 0.486 e. The lowest BCUT2D eigenvalue weighted by molar-refractivity contribution is -0.109. The van der Waals surface area contributed by atoms with Gasteiger partial charge in [0, 0.05) is 42.0 Å². The Morgan fingerprint density at radius 1 is 1.12 bits per heavy atom. The quantitative estimate of drug-likeness (QED) is 0.384. The molecule has 2 aromatic rings. The average Bonchev–Trinajstić information content (AvgIpc) is 2.87. The van der Waals surface area contributed by atoms with Gasteiger partial charge >= 0.3 is 6.61 Å². The second-order valence-electron chi connectivity index (χ2n) is 11.8. The van der Waals surface area contributed by atoms with Crippen LogP contribution in [0.5, 0.6) is 11.5 Å². The molecule has 220 valence electrons. The maximum absolute atomic E-state index is 14.7. The number of nitrogens with one attached hydrogen (secondary N) is 2. The van der Waals surface area contributed by atoms with Gasteiger partial charge < -0.3 is 24.9 Å². The van der Waals surface area contributed by atoms with Gasteiger partial charge in [-0.05, 0) is 72.6 Å². The molecule has 0 spiro atoms. The first kappa shape index (κ1) is 29.9. The number of rotatable bonds is 10. The first-order chi connectivity index (χ1) is 18.9. The molecule has 9 nitrogen and oxygen atoms in total. The van der Waals surface area contributed by atoms with Gasteiger partial charge in [0.25, 0.3) is 0 Å². The van der Waals surface area contributed by atoms with E-state index in [0.717, 1.165) is 25.3 Å². The molecule has 4 rings (SSSR count). The van der Waals surface area contributed by atoms with Crippen LogP contribution in [0.3, 0.4) is 0 Å². The molecule has 2 aliphatic heterocycles. The summed E-state index contributed by atoms with van der Waals surface area (Å²) in [6, 6.07) is 4.55. The topological polar surface area (TPSA) is 91.9 Å². The molecule has 0 aliphatic carbocycles. The lowest BCUT2D eigenvalue weighted by atomic mass is 9.77. The zero-order valence-electron chi connectivity index (χ0n) is 23.7. The smallest absolute Gasteiger partial charge is 0.387 e. The van der Waals surface area contributed by atoms with Crippen molar-refractivity contribution in [1.82, 2.24) is 19.8 Å². The van der Waals surface area contributed by atoms with E-state index in [1.807, 2.05) is 4.90 Å². The van der Waals surface area contributed by atoms with E-state index >= 15 is 0 Å². The molecule has 3 heterocycles. The van der Waals surface area contributed by atoms with E-state index in [4.69, 9.17) is 9.47 Å². The standard InChI is InChI=1S/C28H39F3N6O3/c1-27(2)15-19(16-28(3,4)36(27)5)33-24-21(29)17-32-26(35-24)34-18-6-7-22(23(14-18)40-25(30)31)39-20-8-10-37(11-9-20)12-13-38/h6-7,13-14,17,19-20,25H,8-12,15-16H2,1-5H3,(H2,32,33,34,35). The summed E-state index contributed by atoms with van der Waals surface area (Å²) in [5.74, 6) is -0.343. The number of carbonyl (C=O) groups is 1. The van der Waals surface area contributed by atoms with Gasteiger partial charge in [-0.25, -0.2) is 9.37 Å². The van der Waals surface area contributed by atoms with Crippen LogP contribution >= 0.6 is 0 Å². The minimum atomic E-state index is -3.05. The van der Waals surface area contributed by atoms with Gasteiger partial charge in [-0.15, -0.1) is 0 Å². The monoisotopic (exact) mass is 564 g/mol. The van der Waals surface area contributed by atoms with Crippen LogP contribution in [0.15, 0.2) is 24.4 Å². The van der Waals surface area contributed by atoms with Crippen molar-refractivity contribution in [2.24, 2.45) is 0 Å². The third-order valence-electron chi connectivity index (χ3n) is 7.97. The summed E-state index contributed by atoms with van der Waals surface area (Å²) in [5, 5.41) is 6.21. The van der Waals surface area contributed by atoms with Crippen molar-refractivity contribution in [2.45, 2.75) is 83.2 Å². The lowest BCUT2D eigenvalue weighted by Crippen LogP contribution is -2.61. The summed E-state index contributed by atoms with van der Waals surface area (Å²) in [6.07, 6.45) is 4.66. The fourth-order valence-corrected chi connectivity index (χ4v) is 5.69. The Morgan fingerprint density at radius 2 is 1.80 bits per heavy atom. The van der Waals surface area contributed by atoms with E-state index in [-0.39, 0.29) is 46.5 Å². The van der Waals surface area contributed by atoms with Gasteiger partial charge in [-0.2, -0.15) is 13.8 Å². The van der Waals surface area contributed by atoms with E-state index in [9.17, 15) is 18.0 Å². The van der Waals surface area contributed by atoms with Crippen LogP contribution in [0.2, 0.25) is 0 Å². The molecule has 0 saturated carbocycles. The number of carbonyl (C=O) groups excluding carboxylic acids is 1. The summed E-state index contributed by atoms with van der Waals surface area (Å²) >= 11 is 0. The van der Waals surface area contributed by atoms with Gasteiger partial charge in [-0.1, -0.05) is 0 Å². The highest BCUT2D eigenvalue weighted by atomic mass is 19.3. The zero-order chi connectivity index (χ0) is 29.1. The number of piperidine rings is 2. The van der Waals surface area contributed by atoms with Crippen LogP contribution in [-0.4, -0.2) is 82.6 Å². The second kappa shape index (κ2) is 12.2. The van der Waals surface area contributed by atoms with E-state index in [1.54, 1.807) is 12.1 Å². The number of nitrogens with zero attached hydrogens (tertiary/aromatic N) is 4. The Bertz CT molecular complexity index is 1160. The minimum Gasteiger partial charge on any atom is -0.486 e. The fraction of sp³-hybridized carbons (Fsp3) is 0.607. The normalized spacial score (nSPS) is 20.3. The highest BCUT2D eigenvalue weighted by Gasteiger charge is 2.43. The Labute approximate surface area is 233 Å². The number of likely N-dealkylation sites (tertiary alicyclic amines) is 2. The first-order valence-electron chi connectivity index (χ1n) is 13.6. The van der Waals surface area contributed by atoms with Crippen molar-refractivity contribution in [3.63, 3.8) is 0 Å². The van der Waals surface area contributed by atoms with Crippen molar-refractivity contribution >= 4 is 23.7 Å². The Morgan fingerprint density at radius 3 is 2.42 bits per heavy atom. The Kier molecular flexibility index (Phi) is 9.09. The average molecular weight is 565 g/mol. The Hall–Kier alpha value is -3.12. The summed E-state index contributed by atoms with van der Waals surface area (Å²) in [5.41, 5.74) is 0.186. The number of ether oxygens (including phenoxy) is 2. The van der Waals surface area contributed by atoms with E-state index < -0.39 is 12.4 Å². The number of hydrogen-bond donors (Lipinski definition) is 2. The van der Waals surface area contributed by atoms with Crippen LogP contribution in [0.1, 0.15) is 53.4 Å². The Balaban J connectivity index is 1.47. The molecule has 0 unspecified atom stereocenters. The highest BCUT2D eigenvalue weighted by Crippen LogP contribution is 2.38. The molecule has 2 fully saturated rings. The number of benzene rings is 1. The van der Waals surface area contributed by atoms with E-state index in [0.29, 0.717) is 38.2 Å². The van der Waals surface area contributed by atoms with Gasteiger partial charge in [-0.3, -0.25) is 9.80 Å². The number of aldehydes is 1. The summed E-state index contributed by atoms with van der Waals surface area (Å²) in [6.45, 7) is 7.32. The van der Waals surface area contributed by atoms with Crippen LogP contribution in [0.25, 0.3) is 0 Å². The number of halogens is 3. The van der Waals surface area contributed by atoms with Crippen molar-refractivity contribution in [3.8, 4) is 11.5 Å². The third-order valence-corrected chi connectivity index (χ3v) is 7.97. The van der Waals surface area contributed by atoms with Gasteiger partial charge in [0.05, 0.1) is 12.7 Å². The molecule has 2 N–H and O–H groups in total. The fourth-order valence-electron chi connectivity index (χ4n) is 5.69. The molecule has 12 heteroatoms. The minimum absolute atomic E-state index is 0.00812. The van der Waals surface area contributed by atoms with E-state index in [2.05, 4.69) is 60.2 Å².